The van der Waals surface area contributed by atoms with Gasteiger partial charge in [-0.1, -0.05) is 42.5 Å². The van der Waals surface area contributed by atoms with Gasteiger partial charge in [0.2, 0.25) is 11.8 Å². The topological polar surface area (TPSA) is 49.4 Å². The van der Waals surface area contributed by atoms with Crippen LogP contribution in [0.5, 0.6) is 0 Å². The maximum atomic E-state index is 12.8. The van der Waals surface area contributed by atoms with Crippen LogP contribution in [0.2, 0.25) is 0 Å². The molecule has 2 aromatic carbocycles. The van der Waals surface area contributed by atoms with Crippen LogP contribution in [0.3, 0.4) is 0 Å². The summed E-state index contributed by atoms with van der Waals surface area (Å²) in [5, 5.41) is 2.93. The molecule has 1 fully saturated rings. The molecule has 1 aliphatic heterocycles. The zero-order valence-corrected chi connectivity index (χ0v) is 16.4. The molecule has 1 aliphatic rings. The van der Waals surface area contributed by atoms with E-state index < -0.39 is 11.7 Å². The Balaban J connectivity index is 1.48. The molecule has 1 N–H and O–H groups in total. The van der Waals surface area contributed by atoms with Crippen molar-refractivity contribution in [3.05, 3.63) is 77.4 Å². The van der Waals surface area contributed by atoms with Crippen LogP contribution >= 0.6 is 0 Å². The van der Waals surface area contributed by atoms with Crippen molar-refractivity contribution in [1.82, 2.24) is 10.2 Å². The highest BCUT2D eigenvalue weighted by Gasteiger charge is 2.30. The number of hydrogen-bond acceptors (Lipinski definition) is 2. The third-order valence-electron chi connectivity index (χ3n) is 5.12. The van der Waals surface area contributed by atoms with E-state index in [4.69, 9.17) is 0 Å². The molecule has 7 heteroatoms. The molecule has 0 atom stereocenters. The van der Waals surface area contributed by atoms with Gasteiger partial charge >= 0.3 is 6.18 Å². The van der Waals surface area contributed by atoms with Crippen molar-refractivity contribution >= 4 is 17.9 Å². The number of piperidine rings is 1. The van der Waals surface area contributed by atoms with Gasteiger partial charge < -0.3 is 10.2 Å². The van der Waals surface area contributed by atoms with Crippen LogP contribution in [0.25, 0.3) is 6.08 Å². The van der Waals surface area contributed by atoms with Crippen molar-refractivity contribution < 1.29 is 22.8 Å². The van der Waals surface area contributed by atoms with Crippen molar-refractivity contribution in [2.24, 2.45) is 5.92 Å². The molecule has 30 heavy (non-hydrogen) atoms. The molecule has 158 valence electrons. The van der Waals surface area contributed by atoms with E-state index in [1.165, 1.54) is 24.3 Å². The lowest BCUT2D eigenvalue weighted by Gasteiger charge is -2.30. The van der Waals surface area contributed by atoms with Crippen LogP contribution < -0.4 is 5.32 Å². The smallest absolute Gasteiger partial charge is 0.352 e. The largest absolute Gasteiger partial charge is 0.416 e. The number of carbonyl (C=O) groups is 2. The Bertz CT molecular complexity index is 902. The predicted molar refractivity (Wildman–Crippen MR) is 108 cm³/mol. The van der Waals surface area contributed by atoms with Gasteiger partial charge in [0.15, 0.2) is 0 Å². The van der Waals surface area contributed by atoms with Gasteiger partial charge in [0, 0.05) is 31.6 Å². The van der Waals surface area contributed by atoms with Crippen LogP contribution in [0, 0.1) is 5.92 Å². The number of amides is 2. The van der Waals surface area contributed by atoms with Crippen LogP contribution in [-0.4, -0.2) is 29.8 Å². The maximum absolute atomic E-state index is 12.8. The summed E-state index contributed by atoms with van der Waals surface area (Å²) in [5.41, 5.74) is 0.589. The van der Waals surface area contributed by atoms with Crippen LogP contribution in [0.15, 0.2) is 60.7 Å². The Labute approximate surface area is 173 Å². The number of carbonyl (C=O) groups excluding carboxylic acids is 2. The van der Waals surface area contributed by atoms with E-state index in [0.29, 0.717) is 38.0 Å². The molecule has 2 amide bonds. The molecule has 1 saturated heterocycles. The van der Waals surface area contributed by atoms with E-state index in [2.05, 4.69) is 5.32 Å². The lowest BCUT2D eigenvalue weighted by atomic mass is 9.95. The van der Waals surface area contributed by atoms with Crippen LogP contribution in [0.1, 0.15) is 29.5 Å². The van der Waals surface area contributed by atoms with E-state index in [-0.39, 0.29) is 17.7 Å². The number of nitrogens with one attached hydrogen (secondary N) is 1. The van der Waals surface area contributed by atoms with Crippen molar-refractivity contribution in [3.8, 4) is 0 Å². The van der Waals surface area contributed by atoms with Crippen molar-refractivity contribution in [2.45, 2.75) is 25.6 Å². The first kappa shape index (κ1) is 21.6. The number of halogens is 3. The molecule has 2 aromatic rings. The SMILES string of the molecule is O=C(NCc1ccccc1)C1CCN(C(=O)C=Cc2cccc(C(F)(F)F)c2)CC1. The molecule has 0 unspecified atom stereocenters. The predicted octanol–water partition coefficient (Wildman–Crippen LogP) is 4.27. The van der Waals surface area contributed by atoms with Gasteiger partial charge in [-0.2, -0.15) is 13.2 Å². The zero-order chi connectivity index (χ0) is 21.6. The van der Waals surface area contributed by atoms with Gasteiger partial charge in [-0.15, -0.1) is 0 Å². The monoisotopic (exact) mass is 416 g/mol. The van der Waals surface area contributed by atoms with Gasteiger partial charge in [0.1, 0.15) is 0 Å². The molecule has 0 aromatic heterocycles. The number of alkyl halides is 3. The average molecular weight is 416 g/mol. The first-order valence-corrected chi connectivity index (χ1v) is 9.79. The summed E-state index contributed by atoms with van der Waals surface area (Å²) in [5.74, 6) is -0.439. The van der Waals surface area contributed by atoms with E-state index >= 15 is 0 Å². The molecule has 3 rings (SSSR count). The first-order valence-electron chi connectivity index (χ1n) is 9.79. The number of hydrogen-bond donors (Lipinski definition) is 1. The first-order chi connectivity index (χ1) is 14.3. The van der Waals surface area contributed by atoms with Gasteiger partial charge in [0.05, 0.1) is 5.56 Å². The Morgan fingerprint density at radius 2 is 1.73 bits per heavy atom. The minimum absolute atomic E-state index is 0.0227. The molecular formula is C23H23F3N2O2. The van der Waals surface area contributed by atoms with Crippen molar-refractivity contribution in [1.29, 1.82) is 0 Å². The molecule has 0 bridgehead atoms. The highest BCUT2D eigenvalue weighted by Crippen LogP contribution is 2.29. The van der Waals surface area contributed by atoms with E-state index in [0.717, 1.165) is 17.7 Å². The summed E-state index contributed by atoms with van der Waals surface area (Å²) in [6.07, 6.45) is -0.633. The van der Waals surface area contributed by atoms with E-state index in [1.54, 1.807) is 4.90 Å². The molecule has 0 aliphatic carbocycles. The fourth-order valence-electron chi connectivity index (χ4n) is 3.38. The lowest BCUT2D eigenvalue weighted by Crippen LogP contribution is -2.42. The fourth-order valence-corrected chi connectivity index (χ4v) is 3.38. The summed E-state index contributed by atoms with van der Waals surface area (Å²) >= 11 is 0. The quantitative estimate of drug-likeness (QED) is 0.740. The normalized spacial score (nSPS) is 15.4. The minimum Gasteiger partial charge on any atom is -0.352 e. The Morgan fingerprint density at radius 1 is 1.03 bits per heavy atom. The second kappa shape index (κ2) is 9.61. The second-order valence-electron chi connectivity index (χ2n) is 7.26. The average Bonchev–Trinajstić information content (AvgIpc) is 2.76. The summed E-state index contributed by atoms with van der Waals surface area (Å²) in [4.78, 5) is 26.3. The minimum atomic E-state index is -4.42. The third kappa shape index (κ3) is 5.95. The standard InChI is InChI=1S/C23H23F3N2O2/c24-23(25,26)20-8-4-7-17(15-20)9-10-21(29)28-13-11-19(12-14-28)22(30)27-16-18-5-2-1-3-6-18/h1-10,15,19H,11-14,16H2,(H,27,30). The number of nitrogens with zero attached hydrogens (tertiary/aromatic N) is 1. The zero-order valence-electron chi connectivity index (χ0n) is 16.4. The highest BCUT2D eigenvalue weighted by atomic mass is 19.4. The lowest BCUT2D eigenvalue weighted by molar-refractivity contribution is -0.137. The molecule has 4 nitrogen and oxygen atoms in total. The maximum Gasteiger partial charge on any atom is 0.416 e. The van der Waals surface area contributed by atoms with Gasteiger partial charge in [0.25, 0.3) is 0 Å². The molecule has 0 spiro atoms. The van der Waals surface area contributed by atoms with E-state index in [1.807, 2.05) is 30.3 Å². The fraction of sp³-hybridized carbons (Fsp3) is 0.304. The Kier molecular flexibility index (Phi) is 6.92. The van der Waals surface area contributed by atoms with Gasteiger partial charge in [-0.25, -0.2) is 0 Å². The van der Waals surface area contributed by atoms with Crippen molar-refractivity contribution in [3.63, 3.8) is 0 Å². The molecule has 1 heterocycles. The molecule has 0 radical (unpaired) electrons. The Hall–Kier alpha value is -3.09. The van der Waals surface area contributed by atoms with Crippen molar-refractivity contribution in [2.75, 3.05) is 13.1 Å². The number of rotatable bonds is 5. The van der Waals surface area contributed by atoms with Crippen LogP contribution in [-0.2, 0) is 22.3 Å². The summed E-state index contributed by atoms with van der Waals surface area (Å²) in [6.45, 7) is 1.35. The molecular weight excluding hydrogens is 393 g/mol. The summed E-state index contributed by atoms with van der Waals surface area (Å²) in [6, 6.07) is 14.5. The Morgan fingerprint density at radius 3 is 2.40 bits per heavy atom. The summed E-state index contributed by atoms with van der Waals surface area (Å²) < 4.78 is 38.3. The third-order valence-corrected chi connectivity index (χ3v) is 5.12. The van der Waals surface area contributed by atoms with Gasteiger partial charge in [-0.3, -0.25) is 9.59 Å². The number of benzene rings is 2. The molecule has 0 saturated carbocycles. The number of likely N-dealkylation sites (tertiary alicyclic amines) is 1. The second-order valence-corrected chi connectivity index (χ2v) is 7.26. The van der Waals surface area contributed by atoms with Gasteiger partial charge in [-0.05, 0) is 42.2 Å². The summed E-state index contributed by atoms with van der Waals surface area (Å²) in [7, 11) is 0. The van der Waals surface area contributed by atoms with Crippen LogP contribution in [0.4, 0.5) is 13.2 Å². The van der Waals surface area contributed by atoms with E-state index in [9.17, 15) is 22.8 Å². The highest BCUT2D eigenvalue weighted by molar-refractivity contribution is 5.92.